The van der Waals surface area contributed by atoms with Crippen LogP contribution in [0.3, 0.4) is 0 Å². The molecule has 0 aliphatic carbocycles. The summed E-state index contributed by atoms with van der Waals surface area (Å²) < 4.78 is 18.2. The monoisotopic (exact) mass is 1530 g/mol. The van der Waals surface area contributed by atoms with Crippen LogP contribution in [-0.2, 0) is 21.7 Å². The summed E-state index contributed by atoms with van der Waals surface area (Å²) >= 11 is 0. The Kier molecular flexibility index (Phi) is 17.0. The molecule has 0 saturated heterocycles. The Morgan fingerprint density at radius 1 is 0.227 bits per heavy atom. The molecule has 4 aliphatic heterocycles. The van der Waals surface area contributed by atoms with E-state index in [1.807, 2.05) is 0 Å². The first-order chi connectivity index (χ1) is 57.5. The number of para-hydroxylation sites is 2. The molecule has 21 rings (SSSR count). The topological polar surface area (TPSA) is 29.9 Å². The number of nitrogens with zero attached hydrogens (tertiary/aromatic N) is 3. The molecule has 0 saturated carbocycles. The van der Waals surface area contributed by atoms with Crippen molar-refractivity contribution < 1.29 is 9.47 Å². The molecule has 5 heterocycles. The zero-order chi connectivity index (χ0) is 81.1. The van der Waals surface area contributed by atoms with Crippen LogP contribution in [0.2, 0.25) is 0 Å². The van der Waals surface area contributed by atoms with Crippen molar-refractivity contribution in [2.75, 3.05) is 9.80 Å². The summed E-state index contributed by atoms with van der Waals surface area (Å²) in [6.07, 6.45) is 0. The van der Waals surface area contributed by atoms with E-state index in [-0.39, 0.29) is 35.1 Å². The number of rotatable bonds is 10. The van der Waals surface area contributed by atoms with Gasteiger partial charge in [0, 0.05) is 62.1 Å². The summed E-state index contributed by atoms with van der Waals surface area (Å²) in [6.45, 7) is 27.4. The van der Waals surface area contributed by atoms with E-state index in [4.69, 9.17) is 9.47 Å². The van der Waals surface area contributed by atoms with E-state index in [0.29, 0.717) is 0 Å². The van der Waals surface area contributed by atoms with Gasteiger partial charge in [0.05, 0.1) is 16.7 Å². The highest BCUT2D eigenvalue weighted by molar-refractivity contribution is 7.02. The molecule has 0 amide bonds. The van der Waals surface area contributed by atoms with E-state index >= 15 is 0 Å². The molecule has 0 atom stereocenters. The average molecular weight is 1530 g/mol. The van der Waals surface area contributed by atoms with Gasteiger partial charge in [0.2, 0.25) is 0 Å². The van der Waals surface area contributed by atoms with Gasteiger partial charge in [-0.05, 0) is 222 Å². The van der Waals surface area contributed by atoms with Gasteiger partial charge in [-0.3, -0.25) is 0 Å². The summed E-state index contributed by atoms with van der Waals surface area (Å²) in [5, 5.41) is 2.42. The van der Waals surface area contributed by atoms with Crippen LogP contribution in [0, 0.1) is 0 Å². The summed E-state index contributed by atoms with van der Waals surface area (Å²) in [5.74, 6) is 3.32. The van der Waals surface area contributed by atoms with Crippen molar-refractivity contribution in [2.24, 2.45) is 0 Å². The van der Waals surface area contributed by atoms with Crippen LogP contribution in [0.4, 0.5) is 34.1 Å². The van der Waals surface area contributed by atoms with Crippen molar-refractivity contribution in [1.82, 2.24) is 4.57 Å². The van der Waals surface area contributed by atoms with E-state index in [9.17, 15) is 0 Å². The van der Waals surface area contributed by atoms with Crippen molar-refractivity contribution in [3.05, 3.63) is 368 Å². The second kappa shape index (κ2) is 27.6. The summed E-state index contributed by atoms with van der Waals surface area (Å²) in [7, 11) is 0. The van der Waals surface area contributed by atoms with Crippen LogP contribution in [0.25, 0.3) is 105 Å². The molecule has 0 spiro atoms. The summed E-state index contributed by atoms with van der Waals surface area (Å²) in [6, 6.07) is 130. The highest BCUT2D eigenvalue weighted by Crippen LogP contribution is 2.55. The lowest BCUT2D eigenvalue weighted by Crippen LogP contribution is -2.63. The molecule has 0 radical (unpaired) electrons. The van der Waals surface area contributed by atoms with E-state index in [2.05, 4.69) is 443 Å². The Morgan fingerprint density at radius 2 is 0.563 bits per heavy atom. The van der Waals surface area contributed by atoms with Gasteiger partial charge in [-0.1, -0.05) is 344 Å². The van der Waals surface area contributed by atoms with Gasteiger partial charge in [0.1, 0.15) is 23.0 Å². The van der Waals surface area contributed by atoms with Crippen LogP contribution >= 0.6 is 0 Å². The Labute approximate surface area is 700 Å². The molecule has 0 unspecified atom stereocenters. The van der Waals surface area contributed by atoms with Gasteiger partial charge in [0.25, 0.3) is 13.4 Å². The third-order valence-electron chi connectivity index (χ3n) is 25.4. The molecule has 1 aromatic heterocycles. The zero-order valence-electron chi connectivity index (χ0n) is 69.7. The van der Waals surface area contributed by atoms with Crippen molar-refractivity contribution in [3.8, 4) is 107 Å². The first-order valence-electron chi connectivity index (χ1n) is 42.1. The molecule has 574 valence electrons. The maximum Gasteiger partial charge on any atom is 0.256 e. The maximum atomic E-state index is 7.90. The van der Waals surface area contributed by atoms with Crippen molar-refractivity contribution in [1.29, 1.82) is 0 Å². The second-order valence-corrected chi connectivity index (χ2v) is 37.3. The third kappa shape index (κ3) is 12.5. The summed E-state index contributed by atoms with van der Waals surface area (Å²) in [5.41, 5.74) is 36.6. The van der Waals surface area contributed by atoms with Crippen LogP contribution in [0.5, 0.6) is 23.0 Å². The molecule has 0 N–H and O–H groups in total. The Hall–Kier alpha value is -13.4. The van der Waals surface area contributed by atoms with Crippen LogP contribution < -0.4 is 52.1 Å². The van der Waals surface area contributed by atoms with Crippen molar-refractivity contribution in [3.63, 3.8) is 0 Å². The van der Waals surface area contributed by atoms with Crippen LogP contribution in [0.1, 0.15) is 105 Å². The Balaban J connectivity index is 0.921. The smallest absolute Gasteiger partial charge is 0.256 e. The molecule has 0 bridgehead atoms. The van der Waals surface area contributed by atoms with Gasteiger partial charge in [0.15, 0.2) is 0 Å². The van der Waals surface area contributed by atoms with Gasteiger partial charge in [-0.15, -0.1) is 0 Å². The number of aromatic nitrogens is 1. The Bertz CT molecular complexity index is 6760. The number of fused-ring (bicyclic) bond motifs is 11. The molecule has 17 aromatic rings. The predicted octanol–water partition coefficient (Wildman–Crippen LogP) is 26.5. The third-order valence-corrected chi connectivity index (χ3v) is 25.4. The van der Waals surface area contributed by atoms with Crippen LogP contribution in [-0.4, -0.2) is 18.0 Å². The van der Waals surface area contributed by atoms with E-state index < -0.39 is 0 Å². The predicted molar refractivity (Wildman–Crippen MR) is 505 cm³/mol. The fourth-order valence-electron chi connectivity index (χ4n) is 19.1. The molecule has 7 heteroatoms. The number of hydrogen-bond acceptors (Lipinski definition) is 4. The van der Waals surface area contributed by atoms with E-state index in [1.165, 1.54) is 44.0 Å². The lowest BCUT2D eigenvalue weighted by Gasteiger charge is -2.45. The SMILES string of the molecule is CC(C)(C)c1cc(-c2cc3c4c(c2)N(c2ccc(-c5ccccc5)cc2)c2cc5c(cc2B4c2ccc(-n4c6ccccc6c6ccccc64)cc2O3)B2c3ccc(-c4ccccc4)cc3Oc3cc(-c4cc(C(C)(C)C)cc(C(C)(C)C)c4)cc(c32)N5c2c(-c3ccccc3)cc(-c3ccccc3)cc2-c2ccccc2)cc(C(C)(C)C)c1. The highest BCUT2D eigenvalue weighted by Gasteiger charge is 2.49. The van der Waals surface area contributed by atoms with Gasteiger partial charge in [-0.25, -0.2) is 0 Å². The van der Waals surface area contributed by atoms with Crippen LogP contribution in [0.15, 0.2) is 346 Å². The maximum absolute atomic E-state index is 7.90. The molecular formula is C112H93B2N3O2. The van der Waals surface area contributed by atoms with Gasteiger partial charge < -0.3 is 23.8 Å². The average Bonchev–Trinajstić information content (AvgIpc) is 1.03. The molecule has 119 heavy (non-hydrogen) atoms. The Morgan fingerprint density at radius 3 is 1.02 bits per heavy atom. The lowest BCUT2D eigenvalue weighted by atomic mass is 9.30. The van der Waals surface area contributed by atoms with Gasteiger partial charge in [-0.2, -0.15) is 0 Å². The van der Waals surface area contributed by atoms with Crippen molar-refractivity contribution >= 4 is 102 Å². The standard InChI is InChI=1S/C112H93B2N3O2/c1-109(2,3)82-54-77(55-83(65-82)110(4,5)6)80-60-100-106-104(63-80)119-103-67-87(116-96-44-30-28-42-88(96)89-43-29-31-45-97(89)116)51-53-93(103)114(106)94-68-95-99(69-98(94)115(100)86-49-46-73(47-50-86)70-32-18-13-19-33-70)117(108-90(74-38-24-16-25-39-74)58-79(72-36-22-15-23-37-72)59-91(108)75-40-26-17-27-41-75)101-61-81(78-56-84(111(7,8)9)66-85(57-78)112(10,11)12)64-105-107(101)113(95)92-52-48-76(62-102(92)118-105)71-34-20-14-21-35-71/h13-69H,1-12H3. The number of anilines is 6. The fraction of sp³-hybridized carbons (Fsp3) is 0.143. The molecule has 5 nitrogen and oxygen atoms in total. The minimum atomic E-state index is -0.333. The minimum Gasteiger partial charge on any atom is -0.458 e. The lowest BCUT2D eigenvalue weighted by molar-refractivity contribution is 0.487. The van der Waals surface area contributed by atoms with E-state index in [0.717, 1.165) is 174 Å². The number of hydrogen-bond donors (Lipinski definition) is 0. The van der Waals surface area contributed by atoms with Gasteiger partial charge >= 0.3 is 0 Å². The first-order valence-corrected chi connectivity index (χ1v) is 42.1. The molecule has 16 aromatic carbocycles. The number of benzene rings is 16. The molecule has 0 fully saturated rings. The fourth-order valence-corrected chi connectivity index (χ4v) is 19.1. The minimum absolute atomic E-state index is 0.150. The second-order valence-electron chi connectivity index (χ2n) is 37.3. The van der Waals surface area contributed by atoms with Crippen molar-refractivity contribution in [2.45, 2.75) is 105 Å². The zero-order valence-corrected chi connectivity index (χ0v) is 69.7. The molecule has 4 aliphatic rings. The largest absolute Gasteiger partial charge is 0.458 e. The summed E-state index contributed by atoms with van der Waals surface area (Å²) in [4.78, 5) is 5.29. The normalized spacial score (nSPS) is 13.3. The van der Waals surface area contributed by atoms with E-state index in [1.54, 1.807) is 0 Å². The molecular weight excluding hydrogens is 1440 g/mol. The quantitative estimate of drug-likeness (QED) is 0.128. The first kappa shape index (κ1) is 73.3. The number of ether oxygens (including phenoxy) is 2. The highest BCUT2D eigenvalue weighted by atomic mass is 16.5.